The number of rotatable bonds is 5. The van der Waals surface area contributed by atoms with Crippen LogP contribution in [-0.2, 0) is 14.8 Å². The first-order chi connectivity index (χ1) is 13.1. The lowest BCUT2D eigenvalue weighted by Crippen LogP contribution is -2.13. The van der Waals surface area contributed by atoms with Gasteiger partial charge in [0.15, 0.2) is 6.10 Å². The topological polar surface area (TPSA) is 125 Å². The molecule has 3 aromatic rings. The van der Waals surface area contributed by atoms with E-state index in [1.807, 2.05) is 0 Å². The molecule has 0 radical (unpaired) electrons. The van der Waals surface area contributed by atoms with Gasteiger partial charge in [-0.2, -0.15) is 4.98 Å². The Morgan fingerprint density at radius 1 is 1.21 bits per heavy atom. The molecule has 0 aliphatic rings. The first-order valence-electron chi connectivity index (χ1n) is 8.09. The number of benzene rings is 2. The summed E-state index contributed by atoms with van der Waals surface area (Å²) in [6.07, 6.45) is -0.873. The van der Waals surface area contributed by atoms with Gasteiger partial charge in [0.05, 0.1) is 10.5 Å². The van der Waals surface area contributed by atoms with Crippen LogP contribution in [0.2, 0.25) is 0 Å². The van der Waals surface area contributed by atoms with Crippen molar-refractivity contribution in [1.82, 2.24) is 10.1 Å². The van der Waals surface area contributed by atoms with Crippen molar-refractivity contribution in [3.05, 3.63) is 65.3 Å². The number of aryl methyl sites for hydroxylation is 1. The first kappa shape index (κ1) is 19.6. The molecule has 0 spiro atoms. The molecule has 2 N–H and O–H groups in total. The molecular formula is C18H16FN3O5S. The fourth-order valence-corrected chi connectivity index (χ4v) is 2.82. The van der Waals surface area contributed by atoms with Crippen molar-refractivity contribution < 1.29 is 26.9 Å². The van der Waals surface area contributed by atoms with Crippen LogP contribution in [0, 0.1) is 12.7 Å². The van der Waals surface area contributed by atoms with Crippen molar-refractivity contribution in [2.45, 2.75) is 24.8 Å². The second kappa shape index (κ2) is 7.49. The molecule has 10 heteroatoms. The molecule has 8 nitrogen and oxygen atoms in total. The van der Waals surface area contributed by atoms with Crippen molar-refractivity contribution in [3.63, 3.8) is 0 Å². The van der Waals surface area contributed by atoms with Gasteiger partial charge in [0.25, 0.3) is 5.89 Å². The number of hydrogen-bond donors (Lipinski definition) is 1. The number of sulfonamides is 1. The van der Waals surface area contributed by atoms with Crippen LogP contribution in [-0.4, -0.2) is 24.5 Å². The Labute approximate surface area is 160 Å². The third-order valence-electron chi connectivity index (χ3n) is 3.92. The van der Waals surface area contributed by atoms with E-state index in [1.54, 1.807) is 19.1 Å². The number of primary sulfonamides is 1. The molecule has 0 aliphatic carbocycles. The number of carbonyl (C=O) groups is 1. The average molecular weight is 405 g/mol. The number of carbonyl (C=O) groups excluding carboxylic acids is 1. The standard InChI is InChI=1S/C18H16FN3O5S/c1-10-3-4-13(9-15(10)19)16-21-17(27-22-16)11(2)26-18(23)12-5-7-14(8-6-12)28(20,24)25/h3-9,11H,1-2H3,(H2,20,24,25)/t11-/m0/s1. The highest BCUT2D eigenvalue weighted by Gasteiger charge is 2.21. The summed E-state index contributed by atoms with van der Waals surface area (Å²) in [5, 5.41) is 8.78. The molecule has 146 valence electrons. The molecule has 1 heterocycles. The van der Waals surface area contributed by atoms with Gasteiger partial charge in [0.2, 0.25) is 15.8 Å². The first-order valence-corrected chi connectivity index (χ1v) is 9.64. The van der Waals surface area contributed by atoms with Crippen molar-refractivity contribution in [3.8, 4) is 11.4 Å². The Hall–Kier alpha value is -3.11. The van der Waals surface area contributed by atoms with E-state index in [9.17, 15) is 17.6 Å². The molecule has 0 amide bonds. The summed E-state index contributed by atoms with van der Waals surface area (Å²) in [6.45, 7) is 3.17. The van der Waals surface area contributed by atoms with Crippen LogP contribution in [0.1, 0.15) is 34.8 Å². The number of halogens is 1. The minimum Gasteiger partial charge on any atom is -0.449 e. The number of nitrogens with two attached hydrogens (primary N) is 1. The summed E-state index contributed by atoms with van der Waals surface area (Å²) in [4.78, 5) is 16.2. The maximum absolute atomic E-state index is 13.7. The van der Waals surface area contributed by atoms with Gasteiger partial charge in [-0.25, -0.2) is 22.7 Å². The maximum atomic E-state index is 13.7. The van der Waals surface area contributed by atoms with E-state index in [0.29, 0.717) is 11.1 Å². The Balaban J connectivity index is 1.72. The van der Waals surface area contributed by atoms with Crippen LogP contribution in [0.25, 0.3) is 11.4 Å². The molecule has 28 heavy (non-hydrogen) atoms. The lowest BCUT2D eigenvalue weighted by Gasteiger charge is -2.09. The van der Waals surface area contributed by atoms with Crippen LogP contribution >= 0.6 is 0 Å². The zero-order valence-electron chi connectivity index (χ0n) is 14.9. The SMILES string of the molecule is Cc1ccc(-c2noc([C@H](C)OC(=O)c3ccc(S(N)(=O)=O)cc3)n2)cc1F. The van der Waals surface area contributed by atoms with Crippen molar-refractivity contribution >= 4 is 16.0 Å². The Bertz CT molecular complexity index is 1130. The molecule has 0 fully saturated rings. The molecule has 1 aromatic heterocycles. The number of esters is 1. The van der Waals surface area contributed by atoms with E-state index in [-0.39, 0.29) is 22.2 Å². The van der Waals surface area contributed by atoms with Crippen LogP contribution in [0.3, 0.4) is 0 Å². The smallest absolute Gasteiger partial charge is 0.338 e. The minimum atomic E-state index is -3.85. The summed E-state index contributed by atoms with van der Waals surface area (Å²) in [5.41, 5.74) is 1.04. The van der Waals surface area contributed by atoms with E-state index < -0.39 is 27.9 Å². The summed E-state index contributed by atoms with van der Waals surface area (Å²) >= 11 is 0. The van der Waals surface area contributed by atoms with Crippen molar-refractivity contribution in [2.24, 2.45) is 5.14 Å². The number of hydrogen-bond acceptors (Lipinski definition) is 7. The van der Waals surface area contributed by atoms with Gasteiger partial charge in [-0.15, -0.1) is 0 Å². The van der Waals surface area contributed by atoms with Gasteiger partial charge >= 0.3 is 5.97 Å². The zero-order valence-corrected chi connectivity index (χ0v) is 15.7. The van der Waals surface area contributed by atoms with Gasteiger partial charge in [-0.05, 0) is 49.7 Å². The highest BCUT2D eigenvalue weighted by atomic mass is 32.2. The van der Waals surface area contributed by atoms with Gasteiger partial charge < -0.3 is 9.26 Å². The largest absolute Gasteiger partial charge is 0.449 e. The molecule has 0 saturated heterocycles. The lowest BCUT2D eigenvalue weighted by molar-refractivity contribution is 0.0265. The molecule has 0 unspecified atom stereocenters. The van der Waals surface area contributed by atoms with Gasteiger partial charge in [0.1, 0.15) is 5.82 Å². The van der Waals surface area contributed by atoms with Crippen LogP contribution in [0.5, 0.6) is 0 Å². The normalized spacial score (nSPS) is 12.6. The van der Waals surface area contributed by atoms with E-state index in [2.05, 4.69) is 10.1 Å². The van der Waals surface area contributed by atoms with Gasteiger partial charge in [0, 0.05) is 5.56 Å². The van der Waals surface area contributed by atoms with E-state index in [4.69, 9.17) is 14.4 Å². The molecule has 0 aliphatic heterocycles. The fourth-order valence-electron chi connectivity index (χ4n) is 2.31. The van der Waals surface area contributed by atoms with E-state index in [1.165, 1.54) is 37.3 Å². The summed E-state index contributed by atoms with van der Waals surface area (Å²) in [7, 11) is -3.85. The molecule has 0 bridgehead atoms. The van der Waals surface area contributed by atoms with E-state index >= 15 is 0 Å². The van der Waals surface area contributed by atoms with Gasteiger partial charge in [-0.1, -0.05) is 17.3 Å². The zero-order chi connectivity index (χ0) is 20.5. The Kier molecular flexibility index (Phi) is 5.25. The predicted molar refractivity (Wildman–Crippen MR) is 96.1 cm³/mol. The second-order valence-electron chi connectivity index (χ2n) is 6.04. The highest BCUT2D eigenvalue weighted by molar-refractivity contribution is 7.89. The summed E-state index contributed by atoms with van der Waals surface area (Å²) < 4.78 is 46.5. The fraction of sp³-hybridized carbons (Fsp3) is 0.167. The summed E-state index contributed by atoms with van der Waals surface area (Å²) in [5.74, 6) is -0.916. The van der Waals surface area contributed by atoms with Gasteiger partial charge in [-0.3, -0.25) is 0 Å². The summed E-state index contributed by atoms with van der Waals surface area (Å²) in [6, 6.07) is 9.49. The van der Waals surface area contributed by atoms with Crippen LogP contribution in [0.15, 0.2) is 51.9 Å². The van der Waals surface area contributed by atoms with Crippen molar-refractivity contribution in [2.75, 3.05) is 0 Å². The number of ether oxygens (including phenoxy) is 1. The third-order valence-corrected chi connectivity index (χ3v) is 4.85. The molecule has 1 atom stereocenters. The van der Waals surface area contributed by atoms with Crippen LogP contribution < -0.4 is 5.14 Å². The Morgan fingerprint density at radius 3 is 2.50 bits per heavy atom. The monoisotopic (exact) mass is 405 g/mol. The number of nitrogens with zero attached hydrogens (tertiary/aromatic N) is 2. The highest BCUT2D eigenvalue weighted by Crippen LogP contribution is 2.23. The van der Waals surface area contributed by atoms with Crippen LogP contribution in [0.4, 0.5) is 4.39 Å². The number of aromatic nitrogens is 2. The second-order valence-corrected chi connectivity index (χ2v) is 7.60. The molecule has 3 rings (SSSR count). The third kappa shape index (κ3) is 4.24. The minimum absolute atomic E-state index is 0.0329. The lowest BCUT2D eigenvalue weighted by atomic mass is 10.1. The van der Waals surface area contributed by atoms with Crippen molar-refractivity contribution in [1.29, 1.82) is 0 Å². The molecule has 2 aromatic carbocycles. The molecule has 0 saturated carbocycles. The quantitative estimate of drug-likeness (QED) is 0.647. The molecular weight excluding hydrogens is 389 g/mol. The Morgan fingerprint density at radius 2 is 1.89 bits per heavy atom. The average Bonchev–Trinajstić information content (AvgIpc) is 3.13. The van der Waals surface area contributed by atoms with E-state index in [0.717, 1.165) is 0 Å². The maximum Gasteiger partial charge on any atom is 0.338 e. The predicted octanol–water partition coefficient (Wildman–Crippen LogP) is 2.75.